The quantitative estimate of drug-likeness (QED) is 0.488. The highest BCUT2D eigenvalue weighted by Crippen LogP contribution is 2.31. The number of rotatable bonds is 3. The van der Waals surface area contributed by atoms with Gasteiger partial charge in [-0.15, -0.1) is 13.2 Å². The van der Waals surface area contributed by atoms with Gasteiger partial charge in [-0.3, -0.25) is 0 Å². The van der Waals surface area contributed by atoms with Crippen molar-refractivity contribution in [2.75, 3.05) is 7.11 Å². The molecule has 0 aliphatic rings. The number of nitrogens with zero attached hydrogens (tertiary/aromatic N) is 1. The van der Waals surface area contributed by atoms with Crippen LogP contribution in [-0.2, 0) is 4.74 Å². The van der Waals surface area contributed by atoms with Crippen LogP contribution in [0.15, 0.2) is 6.07 Å². The first-order valence-electron chi connectivity index (χ1n) is 4.48. The monoisotopic (exact) mass is 289 g/mol. The lowest BCUT2D eigenvalue weighted by Crippen LogP contribution is -2.21. The van der Waals surface area contributed by atoms with Crippen LogP contribution in [0.2, 0.25) is 0 Å². The van der Waals surface area contributed by atoms with Gasteiger partial charge in [0, 0.05) is 6.07 Å². The fourth-order valence-electron chi connectivity index (χ4n) is 1.11. The van der Waals surface area contributed by atoms with E-state index in [4.69, 9.17) is 0 Å². The summed E-state index contributed by atoms with van der Waals surface area (Å²) >= 11 is 0. The summed E-state index contributed by atoms with van der Waals surface area (Å²) in [6.45, 7) is 0. The van der Waals surface area contributed by atoms with Crippen LogP contribution < -0.4 is 4.74 Å². The molecule has 0 unspecified atom stereocenters. The molecule has 0 fully saturated rings. The lowest BCUT2D eigenvalue weighted by molar-refractivity contribution is -0.274. The minimum atomic E-state index is -5.30. The number of carbonyl (C=O) groups excluding carboxylic acids is 1. The van der Waals surface area contributed by atoms with Gasteiger partial charge in [-0.2, -0.15) is 4.39 Å². The van der Waals surface area contributed by atoms with Gasteiger partial charge >= 0.3 is 12.3 Å². The number of hydrogen-bond acceptors (Lipinski definition) is 4. The molecule has 0 aliphatic heterocycles. The summed E-state index contributed by atoms with van der Waals surface area (Å²) in [4.78, 5) is 13.8. The Hall–Kier alpha value is -2.00. The zero-order valence-corrected chi connectivity index (χ0v) is 9.09. The van der Waals surface area contributed by atoms with Gasteiger partial charge in [0.15, 0.2) is 11.3 Å². The molecule has 0 bridgehead atoms. The van der Waals surface area contributed by atoms with Crippen molar-refractivity contribution in [3.05, 3.63) is 23.3 Å². The van der Waals surface area contributed by atoms with Gasteiger partial charge in [0.25, 0.3) is 6.43 Å². The van der Waals surface area contributed by atoms with Gasteiger partial charge in [-0.05, 0) is 0 Å². The second-order valence-electron chi connectivity index (χ2n) is 3.05. The zero-order valence-electron chi connectivity index (χ0n) is 9.09. The van der Waals surface area contributed by atoms with Gasteiger partial charge < -0.3 is 9.47 Å². The molecule has 4 nitrogen and oxygen atoms in total. The molecule has 0 saturated heterocycles. The number of alkyl halides is 5. The van der Waals surface area contributed by atoms with Gasteiger partial charge in [0.2, 0.25) is 5.95 Å². The number of pyridine rings is 1. The minimum absolute atomic E-state index is 0.119. The molecule has 0 saturated carbocycles. The molecule has 10 heteroatoms. The van der Waals surface area contributed by atoms with E-state index in [1.165, 1.54) is 0 Å². The molecule has 0 amide bonds. The highest BCUT2D eigenvalue weighted by atomic mass is 19.4. The van der Waals surface area contributed by atoms with Crippen LogP contribution in [0.1, 0.15) is 22.5 Å². The Bertz CT molecular complexity index is 488. The number of carbonyl (C=O) groups is 1. The first-order valence-corrected chi connectivity index (χ1v) is 4.48. The number of methoxy groups -OCH3 is 1. The standard InChI is InChI=1S/C9H5F6NO3/c1-18-8(17)5-4(19-9(13,14)15)2-3(6(10)11)16-7(5)12/h2,6H,1H3. The van der Waals surface area contributed by atoms with Crippen molar-refractivity contribution in [1.82, 2.24) is 4.98 Å². The van der Waals surface area contributed by atoms with E-state index >= 15 is 0 Å². The van der Waals surface area contributed by atoms with Gasteiger partial charge in [-0.25, -0.2) is 18.6 Å². The average Bonchev–Trinajstić information content (AvgIpc) is 2.25. The number of ether oxygens (including phenoxy) is 2. The molecule has 0 radical (unpaired) electrons. The van der Waals surface area contributed by atoms with Gasteiger partial charge in [0.1, 0.15) is 5.69 Å². The molecular weight excluding hydrogens is 284 g/mol. The highest BCUT2D eigenvalue weighted by Gasteiger charge is 2.35. The number of aromatic nitrogens is 1. The molecule has 0 atom stereocenters. The summed E-state index contributed by atoms with van der Waals surface area (Å²) in [5, 5.41) is 0. The molecule has 106 valence electrons. The van der Waals surface area contributed by atoms with Crippen molar-refractivity contribution >= 4 is 5.97 Å². The molecular formula is C9H5F6NO3. The number of hydrogen-bond donors (Lipinski definition) is 0. The maximum Gasteiger partial charge on any atom is 0.573 e. The molecule has 0 spiro atoms. The number of halogens is 6. The smallest absolute Gasteiger partial charge is 0.465 e. The average molecular weight is 289 g/mol. The zero-order chi connectivity index (χ0) is 14.8. The molecule has 19 heavy (non-hydrogen) atoms. The molecule has 1 aromatic heterocycles. The van der Waals surface area contributed by atoms with E-state index in [-0.39, 0.29) is 6.07 Å². The van der Waals surface area contributed by atoms with E-state index in [2.05, 4.69) is 14.5 Å². The third kappa shape index (κ3) is 3.73. The van der Waals surface area contributed by atoms with Crippen molar-refractivity contribution in [2.24, 2.45) is 0 Å². The predicted molar refractivity (Wildman–Crippen MR) is 47.2 cm³/mol. The SMILES string of the molecule is COC(=O)c1c(OC(F)(F)F)cc(C(F)F)nc1F. The van der Waals surface area contributed by atoms with E-state index in [1.54, 1.807) is 0 Å². The lowest BCUT2D eigenvalue weighted by Gasteiger charge is -2.13. The third-order valence-corrected chi connectivity index (χ3v) is 1.80. The molecule has 1 heterocycles. The predicted octanol–water partition coefficient (Wildman–Crippen LogP) is 2.84. The Morgan fingerprint density at radius 2 is 1.95 bits per heavy atom. The molecule has 1 aromatic rings. The van der Waals surface area contributed by atoms with E-state index < -0.39 is 41.7 Å². The Balaban J connectivity index is 3.40. The van der Waals surface area contributed by atoms with Crippen LogP contribution in [0.3, 0.4) is 0 Å². The highest BCUT2D eigenvalue weighted by molar-refractivity contribution is 5.92. The van der Waals surface area contributed by atoms with Crippen LogP contribution in [-0.4, -0.2) is 24.4 Å². The summed E-state index contributed by atoms with van der Waals surface area (Å²) in [7, 11) is 0.764. The number of esters is 1. The van der Waals surface area contributed by atoms with Crippen LogP contribution >= 0.6 is 0 Å². The van der Waals surface area contributed by atoms with E-state index in [1.807, 2.05) is 0 Å². The first kappa shape index (κ1) is 15.1. The lowest BCUT2D eigenvalue weighted by atomic mass is 10.2. The maximum atomic E-state index is 13.3. The summed E-state index contributed by atoms with van der Waals surface area (Å²) < 4.78 is 81.4. The molecule has 0 aromatic carbocycles. The molecule has 0 N–H and O–H groups in total. The summed E-state index contributed by atoms with van der Waals surface area (Å²) in [5.41, 5.74) is -2.62. The van der Waals surface area contributed by atoms with Crippen molar-refractivity contribution in [3.8, 4) is 5.75 Å². The van der Waals surface area contributed by atoms with Crippen molar-refractivity contribution < 1.29 is 40.6 Å². The maximum absolute atomic E-state index is 13.3. The Kier molecular flexibility index (Phi) is 4.22. The normalized spacial score (nSPS) is 11.6. The fourth-order valence-corrected chi connectivity index (χ4v) is 1.11. The Morgan fingerprint density at radius 1 is 1.37 bits per heavy atom. The van der Waals surface area contributed by atoms with Crippen LogP contribution in [0, 0.1) is 5.95 Å². The summed E-state index contributed by atoms with van der Waals surface area (Å²) in [5.74, 6) is -4.82. The van der Waals surface area contributed by atoms with Crippen molar-refractivity contribution in [2.45, 2.75) is 12.8 Å². The minimum Gasteiger partial charge on any atom is -0.465 e. The van der Waals surface area contributed by atoms with Gasteiger partial charge in [-0.1, -0.05) is 0 Å². The van der Waals surface area contributed by atoms with Crippen LogP contribution in [0.5, 0.6) is 5.75 Å². The van der Waals surface area contributed by atoms with Gasteiger partial charge in [0.05, 0.1) is 7.11 Å². The Morgan fingerprint density at radius 3 is 2.37 bits per heavy atom. The van der Waals surface area contributed by atoms with Crippen LogP contribution in [0.25, 0.3) is 0 Å². The van der Waals surface area contributed by atoms with E-state index in [9.17, 15) is 31.1 Å². The summed E-state index contributed by atoms with van der Waals surface area (Å²) in [6, 6.07) is 0.119. The van der Waals surface area contributed by atoms with Crippen molar-refractivity contribution in [3.63, 3.8) is 0 Å². The van der Waals surface area contributed by atoms with Crippen molar-refractivity contribution in [1.29, 1.82) is 0 Å². The fraction of sp³-hybridized carbons (Fsp3) is 0.333. The second kappa shape index (κ2) is 5.33. The summed E-state index contributed by atoms with van der Waals surface area (Å²) in [6.07, 6.45) is -8.63. The van der Waals surface area contributed by atoms with E-state index in [0.29, 0.717) is 0 Å². The second-order valence-corrected chi connectivity index (χ2v) is 3.05. The van der Waals surface area contributed by atoms with E-state index in [0.717, 1.165) is 7.11 Å². The van der Waals surface area contributed by atoms with Crippen LogP contribution in [0.4, 0.5) is 26.3 Å². The third-order valence-electron chi connectivity index (χ3n) is 1.80. The Labute approximate surface area is 101 Å². The molecule has 0 aliphatic carbocycles. The first-order chi connectivity index (χ1) is 8.65. The largest absolute Gasteiger partial charge is 0.573 e. The molecule has 1 rings (SSSR count). The topological polar surface area (TPSA) is 48.4 Å².